The minimum Gasteiger partial charge on any atom is -0.600 e. The zero-order chi connectivity index (χ0) is 7.44. The van der Waals surface area contributed by atoms with Crippen molar-refractivity contribution in [3.8, 4) is 0 Å². The lowest BCUT2D eigenvalue weighted by atomic mass is 10.9. The van der Waals surface area contributed by atoms with Crippen molar-refractivity contribution in [2.45, 2.75) is 0 Å². The molecule has 0 aromatic rings. The molecule has 52 valence electrons. The third-order valence-electron chi connectivity index (χ3n) is 0.609. The maximum absolute atomic E-state index is 10.5. The van der Waals surface area contributed by atoms with E-state index in [1.807, 2.05) is 0 Å². The molecule has 0 heterocycles. The van der Waals surface area contributed by atoms with Gasteiger partial charge in [-0.15, -0.1) is 0 Å². The molecule has 5 heteroatoms. The Labute approximate surface area is 53.2 Å². The zero-order valence-corrected chi connectivity index (χ0v) is 5.66. The van der Waals surface area contributed by atoms with Crippen LogP contribution in [0.5, 0.6) is 0 Å². The van der Waals surface area contributed by atoms with Crippen molar-refractivity contribution >= 4 is 6.03 Å². The number of nitrogens with zero attached hydrogens (tertiary/aromatic N) is 3. The Morgan fingerprint density at radius 2 is 2.11 bits per heavy atom. The Morgan fingerprint density at radius 3 is 2.22 bits per heavy atom. The minimum atomic E-state index is -0.549. The first kappa shape index (κ1) is 7.87. The van der Waals surface area contributed by atoms with E-state index >= 15 is 0 Å². The molecule has 0 aliphatic heterocycles. The lowest BCUT2D eigenvalue weighted by Gasteiger charge is -2.01. The lowest BCUT2D eigenvalue weighted by Crippen LogP contribution is -2.18. The lowest BCUT2D eigenvalue weighted by molar-refractivity contribution is -0.492. The van der Waals surface area contributed by atoms with Gasteiger partial charge in [-0.25, -0.2) is 4.79 Å². The van der Waals surface area contributed by atoms with Gasteiger partial charge < -0.3 is 10.1 Å². The van der Waals surface area contributed by atoms with Crippen LogP contribution in [-0.4, -0.2) is 36.9 Å². The summed E-state index contributed by atoms with van der Waals surface area (Å²) in [6.07, 6.45) is 0. The molecule has 0 aromatic carbocycles. The molecular formula is C4H9N3O2. The summed E-state index contributed by atoms with van der Waals surface area (Å²) in [5, 5.41) is 13.1. The van der Waals surface area contributed by atoms with Crippen LogP contribution >= 0.6 is 0 Å². The molecule has 0 fully saturated rings. The number of amides is 2. The first-order chi connectivity index (χ1) is 4.04. The summed E-state index contributed by atoms with van der Waals surface area (Å²) in [6.45, 7) is 0. The number of hydroxylamine groups is 1. The van der Waals surface area contributed by atoms with Gasteiger partial charge in [0.1, 0.15) is 0 Å². The van der Waals surface area contributed by atoms with Crippen LogP contribution in [0.4, 0.5) is 4.79 Å². The van der Waals surface area contributed by atoms with E-state index in [4.69, 9.17) is 0 Å². The van der Waals surface area contributed by atoms with Crippen LogP contribution in [0.25, 0.3) is 0 Å². The largest absolute Gasteiger partial charge is 0.600 e. The van der Waals surface area contributed by atoms with Gasteiger partial charge >= 0.3 is 6.03 Å². The maximum Gasteiger partial charge on any atom is 0.403 e. The smallest absolute Gasteiger partial charge is 0.403 e. The van der Waals surface area contributed by atoms with Crippen LogP contribution in [0.2, 0.25) is 0 Å². The van der Waals surface area contributed by atoms with Gasteiger partial charge in [-0.05, 0) is 0 Å². The van der Waals surface area contributed by atoms with Crippen molar-refractivity contribution in [2.75, 3.05) is 21.1 Å². The van der Waals surface area contributed by atoms with Gasteiger partial charge in [0.2, 0.25) is 0 Å². The summed E-state index contributed by atoms with van der Waals surface area (Å²) in [7, 11) is 4.20. The van der Waals surface area contributed by atoms with Crippen molar-refractivity contribution < 1.29 is 9.66 Å². The second-order valence-electron chi connectivity index (χ2n) is 1.74. The van der Waals surface area contributed by atoms with Gasteiger partial charge in [-0.2, -0.15) is 0 Å². The van der Waals surface area contributed by atoms with Gasteiger partial charge in [0.25, 0.3) is 0 Å². The molecule has 0 radical (unpaired) electrons. The van der Waals surface area contributed by atoms with Crippen molar-refractivity contribution in [1.29, 1.82) is 0 Å². The van der Waals surface area contributed by atoms with E-state index in [2.05, 4.69) is 5.11 Å². The minimum absolute atomic E-state index is 0.225. The van der Waals surface area contributed by atoms with E-state index in [0.717, 1.165) is 7.05 Å². The normalized spacial score (nSPS) is 11.2. The molecule has 0 rings (SSSR count). The highest BCUT2D eigenvalue weighted by molar-refractivity contribution is 5.73. The average molecular weight is 131 g/mol. The van der Waals surface area contributed by atoms with Crippen molar-refractivity contribution in [3.63, 3.8) is 0 Å². The molecule has 5 nitrogen and oxygen atoms in total. The highest BCUT2D eigenvalue weighted by atomic mass is 16.5. The van der Waals surface area contributed by atoms with Crippen LogP contribution in [-0.2, 0) is 0 Å². The van der Waals surface area contributed by atoms with Crippen LogP contribution in [0.1, 0.15) is 0 Å². The number of rotatable bonds is 0. The Morgan fingerprint density at radius 1 is 1.67 bits per heavy atom. The number of carbonyl (C=O) groups excluding carboxylic acids is 1. The molecule has 0 unspecified atom stereocenters. The third-order valence-corrected chi connectivity index (χ3v) is 0.609. The molecule has 0 spiro atoms. The fourth-order valence-electron chi connectivity index (χ4n) is 0.210. The molecular weight excluding hydrogens is 122 g/mol. The second kappa shape index (κ2) is 3.01. The van der Waals surface area contributed by atoms with E-state index in [1.165, 1.54) is 19.0 Å². The van der Waals surface area contributed by atoms with Gasteiger partial charge in [-0.3, -0.25) is 0 Å². The summed E-state index contributed by atoms with van der Waals surface area (Å²) in [6, 6.07) is -0.549. The van der Waals surface area contributed by atoms with Gasteiger partial charge in [0.05, 0.1) is 5.11 Å². The average Bonchev–Trinajstić information content (AvgIpc) is 1.63. The van der Waals surface area contributed by atoms with E-state index < -0.39 is 6.03 Å². The van der Waals surface area contributed by atoms with Crippen LogP contribution < -0.4 is 0 Å². The second-order valence-corrected chi connectivity index (χ2v) is 1.74. The van der Waals surface area contributed by atoms with E-state index in [9.17, 15) is 10.0 Å². The zero-order valence-electron chi connectivity index (χ0n) is 5.66. The molecule has 9 heavy (non-hydrogen) atoms. The number of urea groups is 1. The third kappa shape index (κ3) is 3.45. The first-order valence-electron chi connectivity index (χ1n) is 2.38. The number of azo groups is 1. The quantitative estimate of drug-likeness (QED) is 0.269. The summed E-state index contributed by atoms with van der Waals surface area (Å²) in [5.74, 6) is 0. The number of hydrogen-bond acceptors (Lipinski definition) is 2. The predicted octanol–water partition coefficient (Wildman–Crippen LogP) is 0.260. The Balaban J connectivity index is 3.93. The fourth-order valence-corrected chi connectivity index (χ4v) is 0.210. The van der Waals surface area contributed by atoms with Gasteiger partial charge in [0.15, 0.2) is 7.05 Å². The molecule has 0 bridgehead atoms. The summed E-state index contributed by atoms with van der Waals surface area (Å²) in [4.78, 5) is 11.9. The highest BCUT2D eigenvalue weighted by Gasteiger charge is 2.02. The molecule has 2 amide bonds. The summed E-state index contributed by atoms with van der Waals surface area (Å²) < 4.78 is 0. The van der Waals surface area contributed by atoms with E-state index in [1.54, 1.807) is 0 Å². The van der Waals surface area contributed by atoms with E-state index in [0.29, 0.717) is 0 Å². The monoisotopic (exact) mass is 131 g/mol. The van der Waals surface area contributed by atoms with Crippen molar-refractivity contribution in [2.24, 2.45) is 5.11 Å². The highest BCUT2D eigenvalue weighted by Crippen LogP contribution is 1.82. The van der Waals surface area contributed by atoms with Crippen molar-refractivity contribution in [1.82, 2.24) is 4.90 Å². The molecule has 0 saturated carbocycles. The Hall–Kier alpha value is -1.13. The standard InChI is InChI=1S/C4H9N3O2/c1-6(2)4(8)5-7(3)9/h1-3H3. The first-order valence-corrected chi connectivity index (χ1v) is 2.38. The molecule has 0 aliphatic rings. The molecule has 0 aromatic heterocycles. The topological polar surface area (TPSA) is 58.7 Å². The Bertz CT molecular complexity index is 137. The van der Waals surface area contributed by atoms with Crippen LogP contribution in [0, 0.1) is 5.21 Å². The van der Waals surface area contributed by atoms with Crippen molar-refractivity contribution in [3.05, 3.63) is 5.21 Å². The Kier molecular flexibility index (Phi) is 2.63. The SMILES string of the molecule is CN(C)C(=O)N=[N+](C)[O-]. The van der Waals surface area contributed by atoms with Gasteiger partial charge in [0, 0.05) is 14.1 Å². The number of carbonyl (C=O) groups is 1. The van der Waals surface area contributed by atoms with E-state index in [-0.39, 0.29) is 4.86 Å². The van der Waals surface area contributed by atoms with Crippen LogP contribution in [0.15, 0.2) is 5.11 Å². The fraction of sp³-hybridized carbons (Fsp3) is 0.750. The van der Waals surface area contributed by atoms with Gasteiger partial charge in [-0.1, -0.05) is 4.86 Å². The summed E-state index contributed by atoms with van der Waals surface area (Å²) in [5.41, 5.74) is 0. The van der Waals surface area contributed by atoms with Crippen LogP contribution in [0.3, 0.4) is 0 Å². The molecule has 0 saturated heterocycles. The molecule has 0 aliphatic carbocycles. The predicted molar refractivity (Wildman–Crippen MR) is 31.1 cm³/mol. The molecule has 0 atom stereocenters. The molecule has 0 N–H and O–H groups in total. The number of hydrogen-bond donors (Lipinski definition) is 0. The summed E-state index contributed by atoms with van der Waals surface area (Å²) >= 11 is 0. The maximum atomic E-state index is 10.5.